The smallest absolute Gasteiger partial charge is 0.418 e. The van der Waals surface area contributed by atoms with E-state index in [-0.39, 0.29) is 18.0 Å². The zero-order valence-electron chi connectivity index (χ0n) is 23.7. The molecule has 0 bridgehead atoms. The van der Waals surface area contributed by atoms with Crippen LogP contribution in [0.25, 0.3) is 22.4 Å². The van der Waals surface area contributed by atoms with Crippen molar-refractivity contribution in [2.75, 3.05) is 0 Å². The summed E-state index contributed by atoms with van der Waals surface area (Å²) in [5.41, 5.74) is 4.61. The summed E-state index contributed by atoms with van der Waals surface area (Å²) in [5.74, 6) is 0.381. The van der Waals surface area contributed by atoms with Gasteiger partial charge in [-0.2, -0.15) is 0 Å². The molecular weight excluding hydrogens is 526 g/mol. The summed E-state index contributed by atoms with van der Waals surface area (Å²) >= 11 is 0. The Kier molecular flexibility index (Phi) is 7.08. The molecule has 0 N–H and O–H groups in total. The van der Waals surface area contributed by atoms with Crippen LogP contribution in [0.3, 0.4) is 0 Å². The molecule has 42 heavy (non-hydrogen) atoms. The lowest BCUT2D eigenvalue weighted by Crippen LogP contribution is -2.26. The zero-order chi connectivity index (χ0) is 29.3. The summed E-state index contributed by atoms with van der Waals surface area (Å²) in [5, 5.41) is 0.810. The molecule has 6 rings (SSSR count). The highest BCUT2D eigenvalue weighted by molar-refractivity contribution is 5.97. The summed E-state index contributed by atoms with van der Waals surface area (Å²) in [6.45, 7) is 5.75. The summed E-state index contributed by atoms with van der Waals surface area (Å²) in [6, 6.07) is 31.5. The molecule has 0 aliphatic heterocycles. The number of carbonyl (C=O) groups excluding carboxylic acids is 1. The number of rotatable bonds is 6. The second kappa shape index (κ2) is 11.0. The molecule has 0 saturated heterocycles. The van der Waals surface area contributed by atoms with E-state index in [4.69, 9.17) is 14.1 Å². The number of oxazole rings is 1. The number of benzene rings is 3. The van der Waals surface area contributed by atoms with Gasteiger partial charge in [-0.15, -0.1) is 0 Å². The molecule has 7 heteroatoms. The van der Waals surface area contributed by atoms with E-state index < -0.39 is 11.7 Å². The Morgan fingerprint density at radius 3 is 2.21 bits per heavy atom. The average molecular weight is 558 g/mol. The predicted molar refractivity (Wildman–Crippen MR) is 163 cm³/mol. The van der Waals surface area contributed by atoms with Crippen LogP contribution in [0.15, 0.2) is 125 Å². The van der Waals surface area contributed by atoms with E-state index in [2.05, 4.69) is 24.3 Å². The van der Waals surface area contributed by atoms with Crippen LogP contribution in [-0.2, 0) is 11.3 Å². The molecule has 3 aromatic heterocycles. The fourth-order valence-corrected chi connectivity index (χ4v) is 5.21. The first-order chi connectivity index (χ1) is 20.3. The third kappa shape index (κ3) is 5.54. The number of aromatic nitrogens is 3. The lowest BCUT2D eigenvalue weighted by Gasteiger charge is -2.19. The number of hydrogen-bond donors (Lipinski definition) is 0. The van der Waals surface area contributed by atoms with Gasteiger partial charge in [-0.3, -0.25) is 9.36 Å². The molecule has 6 aromatic rings. The maximum absolute atomic E-state index is 12.9. The van der Waals surface area contributed by atoms with Crippen molar-refractivity contribution < 1.29 is 13.9 Å². The molecule has 0 fully saturated rings. The molecule has 0 saturated carbocycles. The van der Waals surface area contributed by atoms with E-state index in [1.807, 2.05) is 93.7 Å². The lowest BCUT2D eigenvalue weighted by molar-refractivity contribution is 0.0544. The number of hydrogen-bond acceptors (Lipinski definition) is 5. The van der Waals surface area contributed by atoms with Gasteiger partial charge in [0.2, 0.25) is 5.89 Å². The Hall–Kier alpha value is -5.17. The van der Waals surface area contributed by atoms with Crippen molar-refractivity contribution in [1.82, 2.24) is 14.1 Å². The van der Waals surface area contributed by atoms with Gasteiger partial charge in [-0.05, 0) is 55.7 Å². The monoisotopic (exact) mass is 557 g/mol. The number of ether oxygens (including phenoxy) is 1. The van der Waals surface area contributed by atoms with E-state index in [0.29, 0.717) is 17.1 Å². The summed E-state index contributed by atoms with van der Waals surface area (Å²) in [7, 11) is 0. The first-order valence-electron chi connectivity index (χ1n) is 13.9. The van der Waals surface area contributed by atoms with Crippen LogP contribution >= 0.6 is 0 Å². The predicted octanol–water partition coefficient (Wildman–Crippen LogP) is 7.47. The van der Waals surface area contributed by atoms with Gasteiger partial charge in [0.25, 0.3) is 5.56 Å². The third-order valence-electron chi connectivity index (χ3n) is 7.04. The summed E-state index contributed by atoms with van der Waals surface area (Å²) < 4.78 is 14.6. The molecule has 0 unspecified atom stereocenters. The topological polar surface area (TPSA) is 79.3 Å². The zero-order valence-corrected chi connectivity index (χ0v) is 23.7. The molecule has 3 aromatic carbocycles. The quantitative estimate of drug-likeness (QED) is 0.212. The maximum atomic E-state index is 12.9. The second-order valence-electron chi connectivity index (χ2n) is 11.2. The molecular formula is C35H31N3O4. The van der Waals surface area contributed by atoms with Gasteiger partial charge in [-0.1, -0.05) is 72.8 Å². The fourth-order valence-electron chi connectivity index (χ4n) is 5.21. The standard InChI is InChI=1S/C35H31N3O4/c1-35(2,3)42-34(40)38-20-19-28-29(15-10-16-30(28)38)33-36-27(23-41-33)22-37-21-26(17-18-31(37)39)32(24-11-6-4-7-12-24)25-13-8-5-9-14-25/h4-21,23,32H,22H2,1-3H3. The highest BCUT2D eigenvalue weighted by atomic mass is 16.6. The number of fused-ring (bicyclic) bond motifs is 1. The number of carbonyl (C=O) groups is 1. The Morgan fingerprint density at radius 2 is 1.55 bits per heavy atom. The molecule has 7 nitrogen and oxygen atoms in total. The normalized spacial score (nSPS) is 11.7. The Labute approximate surface area is 243 Å². The molecule has 0 atom stereocenters. The second-order valence-corrected chi connectivity index (χ2v) is 11.2. The summed E-state index contributed by atoms with van der Waals surface area (Å²) in [6.07, 6.45) is 4.71. The van der Waals surface area contributed by atoms with Crippen LogP contribution in [-0.4, -0.2) is 25.8 Å². The largest absolute Gasteiger partial charge is 0.444 e. The molecule has 0 spiro atoms. The van der Waals surface area contributed by atoms with Gasteiger partial charge < -0.3 is 13.7 Å². The van der Waals surface area contributed by atoms with Crippen molar-refractivity contribution in [2.24, 2.45) is 0 Å². The van der Waals surface area contributed by atoms with Crippen LogP contribution in [0.4, 0.5) is 4.79 Å². The molecule has 0 aliphatic rings. The van der Waals surface area contributed by atoms with Gasteiger partial charge in [0.05, 0.1) is 17.8 Å². The SMILES string of the molecule is CC(C)(C)OC(=O)n1ccc2c(-c3nc(Cn4cc(C(c5ccccc5)c5ccccc5)ccc4=O)co3)cccc21. The van der Waals surface area contributed by atoms with Gasteiger partial charge in [0.1, 0.15) is 11.9 Å². The molecule has 0 amide bonds. The van der Waals surface area contributed by atoms with Gasteiger partial charge in [-0.25, -0.2) is 9.78 Å². The van der Waals surface area contributed by atoms with Crippen molar-refractivity contribution in [3.05, 3.63) is 148 Å². The van der Waals surface area contributed by atoms with Crippen LogP contribution in [0.1, 0.15) is 49.1 Å². The number of nitrogens with zero attached hydrogens (tertiary/aromatic N) is 3. The molecule has 0 aliphatic carbocycles. The van der Waals surface area contributed by atoms with E-state index in [0.717, 1.165) is 27.6 Å². The Morgan fingerprint density at radius 1 is 0.857 bits per heavy atom. The van der Waals surface area contributed by atoms with Gasteiger partial charge >= 0.3 is 6.09 Å². The van der Waals surface area contributed by atoms with E-state index in [1.54, 1.807) is 23.1 Å². The molecule has 0 radical (unpaired) electrons. The summed E-state index contributed by atoms with van der Waals surface area (Å²) in [4.78, 5) is 30.4. The van der Waals surface area contributed by atoms with E-state index in [1.165, 1.54) is 4.57 Å². The van der Waals surface area contributed by atoms with E-state index >= 15 is 0 Å². The average Bonchev–Trinajstić information content (AvgIpc) is 3.63. The van der Waals surface area contributed by atoms with Crippen LogP contribution < -0.4 is 5.56 Å². The van der Waals surface area contributed by atoms with Gasteiger partial charge in [0, 0.05) is 35.3 Å². The van der Waals surface area contributed by atoms with Crippen LogP contribution in [0, 0.1) is 0 Å². The van der Waals surface area contributed by atoms with Crippen molar-refractivity contribution in [3.63, 3.8) is 0 Å². The Bertz CT molecular complexity index is 1870. The van der Waals surface area contributed by atoms with Crippen molar-refractivity contribution in [2.45, 2.75) is 38.8 Å². The highest BCUT2D eigenvalue weighted by Gasteiger charge is 2.21. The Balaban J connectivity index is 1.31. The highest BCUT2D eigenvalue weighted by Crippen LogP contribution is 2.32. The van der Waals surface area contributed by atoms with Crippen LogP contribution in [0.2, 0.25) is 0 Å². The molecule has 3 heterocycles. The first-order valence-corrected chi connectivity index (χ1v) is 13.9. The minimum atomic E-state index is -0.611. The number of pyridine rings is 1. The maximum Gasteiger partial charge on any atom is 0.418 e. The van der Waals surface area contributed by atoms with Crippen molar-refractivity contribution in [3.8, 4) is 11.5 Å². The van der Waals surface area contributed by atoms with Gasteiger partial charge in [0.15, 0.2) is 0 Å². The van der Waals surface area contributed by atoms with E-state index in [9.17, 15) is 9.59 Å². The van der Waals surface area contributed by atoms with Crippen molar-refractivity contribution >= 4 is 17.0 Å². The lowest BCUT2D eigenvalue weighted by atomic mass is 9.86. The van der Waals surface area contributed by atoms with Crippen LogP contribution in [0.5, 0.6) is 0 Å². The minimum absolute atomic E-state index is 0.0290. The fraction of sp³-hybridized carbons (Fsp3) is 0.171. The third-order valence-corrected chi connectivity index (χ3v) is 7.04. The molecule has 210 valence electrons. The van der Waals surface area contributed by atoms with Crippen molar-refractivity contribution in [1.29, 1.82) is 0 Å². The first kappa shape index (κ1) is 27.0. The minimum Gasteiger partial charge on any atom is -0.444 e.